The van der Waals surface area contributed by atoms with Crippen molar-refractivity contribution in [1.82, 2.24) is 9.88 Å². The molecule has 102 valence electrons. The van der Waals surface area contributed by atoms with Crippen LogP contribution in [0.15, 0.2) is 24.4 Å². The van der Waals surface area contributed by atoms with Gasteiger partial charge in [0, 0.05) is 17.8 Å². The molecule has 18 heavy (non-hydrogen) atoms. The molecule has 0 aliphatic rings. The van der Waals surface area contributed by atoms with Crippen LogP contribution in [0.25, 0.3) is 0 Å². The Bertz CT molecular complexity index is 348. The molecule has 2 N–H and O–H groups in total. The van der Waals surface area contributed by atoms with Gasteiger partial charge >= 0.3 is 0 Å². The van der Waals surface area contributed by atoms with Gasteiger partial charge in [0.15, 0.2) is 0 Å². The number of nitrogens with two attached hydrogens (primary N) is 1. The standard InChI is InChI=1S/C15H27N3/c1-6-12(16)14(13-10-8-9-11-17-13)18(5)15(3,4)7-2/h8-12,14H,6-7,16H2,1-5H3. The molecule has 0 spiro atoms. The summed E-state index contributed by atoms with van der Waals surface area (Å²) in [5.74, 6) is 0. The van der Waals surface area contributed by atoms with Crippen molar-refractivity contribution in [2.24, 2.45) is 5.73 Å². The lowest BCUT2D eigenvalue weighted by Crippen LogP contribution is -2.49. The number of aromatic nitrogens is 1. The summed E-state index contributed by atoms with van der Waals surface area (Å²) in [6.07, 6.45) is 3.88. The molecule has 0 fully saturated rings. The van der Waals surface area contributed by atoms with Crippen molar-refractivity contribution in [1.29, 1.82) is 0 Å². The van der Waals surface area contributed by atoms with E-state index in [0.29, 0.717) is 0 Å². The van der Waals surface area contributed by atoms with Crippen LogP contribution >= 0.6 is 0 Å². The predicted octanol–water partition coefficient (Wildman–Crippen LogP) is 2.98. The monoisotopic (exact) mass is 249 g/mol. The van der Waals surface area contributed by atoms with Crippen LogP contribution in [-0.4, -0.2) is 28.5 Å². The summed E-state index contributed by atoms with van der Waals surface area (Å²) >= 11 is 0. The topological polar surface area (TPSA) is 42.1 Å². The molecule has 0 saturated carbocycles. The number of hydrogen-bond acceptors (Lipinski definition) is 3. The lowest BCUT2D eigenvalue weighted by molar-refractivity contribution is 0.0783. The molecule has 0 amide bonds. The zero-order valence-electron chi connectivity index (χ0n) is 12.4. The summed E-state index contributed by atoms with van der Waals surface area (Å²) in [7, 11) is 2.15. The second-order valence-electron chi connectivity index (χ2n) is 5.55. The van der Waals surface area contributed by atoms with E-state index in [1.807, 2.05) is 18.3 Å². The highest BCUT2D eigenvalue weighted by Crippen LogP contribution is 2.30. The van der Waals surface area contributed by atoms with Crippen LogP contribution in [0.5, 0.6) is 0 Å². The van der Waals surface area contributed by atoms with Gasteiger partial charge in [-0.15, -0.1) is 0 Å². The van der Waals surface area contributed by atoms with Gasteiger partial charge in [-0.25, -0.2) is 0 Å². The summed E-state index contributed by atoms with van der Waals surface area (Å²) in [6, 6.07) is 6.33. The van der Waals surface area contributed by atoms with Crippen molar-refractivity contribution in [3.63, 3.8) is 0 Å². The largest absolute Gasteiger partial charge is 0.326 e. The predicted molar refractivity (Wildman–Crippen MR) is 77.4 cm³/mol. The number of rotatable bonds is 6. The van der Waals surface area contributed by atoms with Crippen LogP contribution in [0.2, 0.25) is 0 Å². The molecule has 0 saturated heterocycles. The van der Waals surface area contributed by atoms with Crippen molar-refractivity contribution in [3.05, 3.63) is 30.1 Å². The molecular formula is C15H27N3. The van der Waals surface area contributed by atoms with Crippen molar-refractivity contribution < 1.29 is 0 Å². The Labute approximate surface area is 111 Å². The number of likely N-dealkylation sites (N-methyl/N-ethyl adjacent to an activating group) is 1. The first-order valence-electron chi connectivity index (χ1n) is 6.83. The normalized spacial score (nSPS) is 15.7. The van der Waals surface area contributed by atoms with Gasteiger partial charge in [-0.3, -0.25) is 9.88 Å². The van der Waals surface area contributed by atoms with Crippen molar-refractivity contribution in [2.75, 3.05) is 7.05 Å². The maximum Gasteiger partial charge on any atom is 0.0675 e. The van der Waals surface area contributed by atoms with E-state index in [1.165, 1.54) is 0 Å². The van der Waals surface area contributed by atoms with E-state index in [-0.39, 0.29) is 17.6 Å². The fourth-order valence-corrected chi connectivity index (χ4v) is 2.11. The molecule has 3 heteroatoms. The van der Waals surface area contributed by atoms with E-state index in [4.69, 9.17) is 5.73 Å². The molecule has 2 unspecified atom stereocenters. The van der Waals surface area contributed by atoms with Gasteiger partial charge in [-0.2, -0.15) is 0 Å². The second-order valence-corrected chi connectivity index (χ2v) is 5.55. The maximum atomic E-state index is 6.32. The number of nitrogens with zero attached hydrogens (tertiary/aromatic N) is 2. The summed E-state index contributed by atoms with van der Waals surface area (Å²) in [5, 5.41) is 0. The summed E-state index contributed by atoms with van der Waals surface area (Å²) in [4.78, 5) is 6.86. The highest BCUT2D eigenvalue weighted by atomic mass is 15.2. The van der Waals surface area contributed by atoms with Crippen LogP contribution < -0.4 is 5.73 Å². The van der Waals surface area contributed by atoms with Gasteiger partial charge in [0.05, 0.1) is 11.7 Å². The summed E-state index contributed by atoms with van der Waals surface area (Å²) in [6.45, 7) is 8.85. The molecule has 0 radical (unpaired) electrons. The van der Waals surface area contributed by atoms with E-state index in [9.17, 15) is 0 Å². The van der Waals surface area contributed by atoms with Gasteiger partial charge < -0.3 is 5.73 Å². The lowest BCUT2D eigenvalue weighted by atomic mass is 9.92. The molecule has 1 aromatic heterocycles. The minimum absolute atomic E-state index is 0.107. The van der Waals surface area contributed by atoms with E-state index < -0.39 is 0 Å². The highest BCUT2D eigenvalue weighted by Gasteiger charge is 2.32. The molecular weight excluding hydrogens is 222 g/mol. The summed E-state index contributed by atoms with van der Waals surface area (Å²) in [5.41, 5.74) is 7.51. The lowest BCUT2D eigenvalue weighted by Gasteiger charge is -2.42. The van der Waals surface area contributed by atoms with Gasteiger partial charge in [0.2, 0.25) is 0 Å². The Hall–Kier alpha value is -0.930. The molecule has 2 atom stereocenters. The first kappa shape index (κ1) is 15.1. The third kappa shape index (κ3) is 3.30. The van der Waals surface area contributed by atoms with Crippen LogP contribution in [0, 0.1) is 0 Å². The number of hydrogen-bond donors (Lipinski definition) is 1. The molecule has 1 heterocycles. The van der Waals surface area contributed by atoms with Gasteiger partial charge in [-0.05, 0) is 45.9 Å². The van der Waals surface area contributed by atoms with Gasteiger partial charge in [-0.1, -0.05) is 19.9 Å². The van der Waals surface area contributed by atoms with Crippen molar-refractivity contribution in [2.45, 2.75) is 58.2 Å². The average Bonchev–Trinajstić information content (AvgIpc) is 2.39. The molecule has 0 aromatic carbocycles. The zero-order chi connectivity index (χ0) is 13.8. The molecule has 1 rings (SSSR count). The van der Waals surface area contributed by atoms with E-state index in [0.717, 1.165) is 18.5 Å². The van der Waals surface area contributed by atoms with Crippen molar-refractivity contribution in [3.8, 4) is 0 Å². The van der Waals surface area contributed by atoms with Crippen LogP contribution in [0.3, 0.4) is 0 Å². The first-order chi connectivity index (χ1) is 8.44. The maximum absolute atomic E-state index is 6.32. The Morgan fingerprint density at radius 3 is 2.44 bits per heavy atom. The van der Waals surface area contributed by atoms with Crippen LogP contribution in [-0.2, 0) is 0 Å². The Balaban J connectivity index is 3.07. The van der Waals surface area contributed by atoms with Gasteiger partial charge in [0.1, 0.15) is 0 Å². The quantitative estimate of drug-likeness (QED) is 0.842. The highest BCUT2D eigenvalue weighted by molar-refractivity contribution is 5.12. The van der Waals surface area contributed by atoms with Crippen LogP contribution in [0.4, 0.5) is 0 Å². The van der Waals surface area contributed by atoms with Crippen molar-refractivity contribution >= 4 is 0 Å². The second kappa shape index (κ2) is 6.30. The molecule has 0 aliphatic heterocycles. The van der Waals surface area contributed by atoms with Gasteiger partial charge in [0.25, 0.3) is 0 Å². The van der Waals surface area contributed by atoms with E-state index >= 15 is 0 Å². The Morgan fingerprint density at radius 1 is 1.33 bits per heavy atom. The third-order valence-electron chi connectivity index (χ3n) is 4.11. The first-order valence-corrected chi connectivity index (χ1v) is 6.83. The SMILES string of the molecule is CCC(N)C(c1ccccn1)N(C)C(C)(C)CC. The third-order valence-corrected chi connectivity index (χ3v) is 4.11. The number of pyridine rings is 1. The van der Waals surface area contributed by atoms with E-state index in [1.54, 1.807) is 0 Å². The Kier molecular flexibility index (Phi) is 5.29. The average molecular weight is 249 g/mol. The smallest absolute Gasteiger partial charge is 0.0675 e. The molecule has 0 aliphatic carbocycles. The molecule has 0 bridgehead atoms. The fraction of sp³-hybridized carbons (Fsp3) is 0.667. The Morgan fingerprint density at radius 2 is 2.00 bits per heavy atom. The van der Waals surface area contributed by atoms with E-state index in [2.05, 4.69) is 50.7 Å². The zero-order valence-corrected chi connectivity index (χ0v) is 12.4. The summed E-state index contributed by atoms with van der Waals surface area (Å²) < 4.78 is 0. The molecule has 1 aromatic rings. The van der Waals surface area contributed by atoms with Crippen LogP contribution in [0.1, 0.15) is 52.3 Å². The minimum atomic E-state index is 0.107. The fourth-order valence-electron chi connectivity index (χ4n) is 2.11. The molecule has 3 nitrogen and oxygen atoms in total. The minimum Gasteiger partial charge on any atom is -0.326 e.